The Morgan fingerprint density at radius 1 is 0.515 bits per heavy atom. The van der Waals surface area contributed by atoms with E-state index in [4.69, 9.17) is 37.9 Å². The zero-order valence-corrected chi connectivity index (χ0v) is 38.3. The number of hydrogen-bond acceptors (Lipinski definition) is 15. The summed E-state index contributed by atoms with van der Waals surface area (Å²) in [6.45, 7) is 17.3. The summed E-state index contributed by atoms with van der Waals surface area (Å²) in [6, 6.07) is 13.7. The Morgan fingerprint density at radius 3 is 1.47 bits per heavy atom. The third-order valence-electron chi connectivity index (χ3n) is 9.55. The monoisotopic (exact) mass is 916 g/mol. The first-order valence-electron chi connectivity index (χ1n) is 21.3. The van der Waals surface area contributed by atoms with Crippen molar-refractivity contribution in [2.75, 3.05) is 39.6 Å². The van der Waals surface area contributed by atoms with Crippen LogP contribution < -0.4 is 14.2 Å². The quantitative estimate of drug-likeness (QED) is 0.0208. The van der Waals surface area contributed by atoms with Gasteiger partial charge in [0, 0.05) is 33.4 Å². The molecule has 0 atom stereocenters. The second-order valence-electron chi connectivity index (χ2n) is 15.4. The van der Waals surface area contributed by atoms with Crippen molar-refractivity contribution in [3.8, 4) is 39.5 Å². The van der Waals surface area contributed by atoms with Gasteiger partial charge in [0.25, 0.3) is 0 Å². The topological polar surface area (TPSA) is 193 Å². The SMILES string of the molecule is C=C(C)C(=O)OCC(COC(=O)C(=O)OCC)(COC(=O)C(=O)OCC)COc1ccc(-c2cc(OC(=O)C(=C)C)c(-c3ccc(CCCCCCC)cc3F)cc2OC(=O)C(=C)C)cc1. The fourth-order valence-electron chi connectivity index (χ4n) is 5.90. The fraction of sp³-hybridized carbons (Fsp3) is 0.380. The molecule has 0 spiro atoms. The summed E-state index contributed by atoms with van der Waals surface area (Å²) >= 11 is 0. The number of ether oxygens (including phenoxy) is 8. The summed E-state index contributed by atoms with van der Waals surface area (Å²) in [7, 11) is 0. The minimum Gasteiger partial charge on any atom is -0.493 e. The van der Waals surface area contributed by atoms with Crippen molar-refractivity contribution >= 4 is 41.8 Å². The molecule has 0 aromatic heterocycles. The maximum atomic E-state index is 16.0. The Morgan fingerprint density at radius 2 is 0.985 bits per heavy atom. The van der Waals surface area contributed by atoms with Gasteiger partial charge < -0.3 is 37.9 Å². The van der Waals surface area contributed by atoms with Gasteiger partial charge in [-0.3, -0.25) is 0 Å². The van der Waals surface area contributed by atoms with E-state index in [2.05, 4.69) is 26.7 Å². The molecule has 354 valence electrons. The number of esters is 7. The molecule has 0 N–H and O–H groups in total. The Hall–Kier alpha value is -7.10. The lowest BCUT2D eigenvalue weighted by atomic mass is 9.92. The summed E-state index contributed by atoms with van der Waals surface area (Å²) in [4.78, 5) is 87.8. The zero-order valence-electron chi connectivity index (χ0n) is 38.3. The van der Waals surface area contributed by atoms with Gasteiger partial charge in [-0.2, -0.15) is 0 Å². The second kappa shape index (κ2) is 26.0. The van der Waals surface area contributed by atoms with Gasteiger partial charge in [0.05, 0.1) is 13.2 Å². The predicted octanol–water partition coefficient (Wildman–Crippen LogP) is 8.33. The number of benzene rings is 3. The first kappa shape index (κ1) is 53.2. The third-order valence-corrected chi connectivity index (χ3v) is 9.55. The molecule has 0 saturated heterocycles. The summed E-state index contributed by atoms with van der Waals surface area (Å²) in [6.07, 6.45) is 5.91. The normalized spacial score (nSPS) is 10.8. The van der Waals surface area contributed by atoms with E-state index in [-0.39, 0.29) is 63.9 Å². The molecule has 0 fully saturated rings. The minimum atomic E-state index is -1.75. The molecule has 66 heavy (non-hydrogen) atoms. The largest absolute Gasteiger partial charge is 0.493 e. The first-order chi connectivity index (χ1) is 31.3. The van der Waals surface area contributed by atoms with Crippen molar-refractivity contribution in [1.29, 1.82) is 0 Å². The van der Waals surface area contributed by atoms with E-state index in [9.17, 15) is 33.6 Å². The highest BCUT2D eigenvalue weighted by molar-refractivity contribution is 6.30. The van der Waals surface area contributed by atoms with Crippen LogP contribution in [0.1, 0.15) is 79.2 Å². The van der Waals surface area contributed by atoms with Gasteiger partial charge in [-0.1, -0.05) is 76.6 Å². The van der Waals surface area contributed by atoms with Crippen molar-refractivity contribution in [3.63, 3.8) is 0 Å². The van der Waals surface area contributed by atoms with Gasteiger partial charge in [0.2, 0.25) is 0 Å². The van der Waals surface area contributed by atoms with Crippen molar-refractivity contribution in [2.45, 2.75) is 80.1 Å². The van der Waals surface area contributed by atoms with E-state index in [1.54, 1.807) is 24.3 Å². The highest BCUT2D eigenvalue weighted by atomic mass is 19.1. The third kappa shape index (κ3) is 16.2. The van der Waals surface area contributed by atoms with Gasteiger partial charge in [0.15, 0.2) is 0 Å². The predicted molar refractivity (Wildman–Crippen MR) is 240 cm³/mol. The van der Waals surface area contributed by atoms with Gasteiger partial charge in [-0.25, -0.2) is 38.0 Å². The molecule has 0 amide bonds. The van der Waals surface area contributed by atoms with Crippen LogP contribution >= 0.6 is 0 Å². The van der Waals surface area contributed by atoms with Crippen LogP contribution in [-0.4, -0.2) is 81.4 Å². The molecular formula is C50H57FO15. The Balaban J connectivity index is 2.11. The van der Waals surface area contributed by atoms with Crippen LogP contribution in [0.4, 0.5) is 4.39 Å². The zero-order chi connectivity index (χ0) is 49.0. The molecule has 0 saturated carbocycles. The number of aryl methyl sites for hydroxylation is 1. The summed E-state index contributed by atoms with van der Waals surface area (Å²) in [5, 5.41) is 0. The molecule has 0 heterocycles. The lowest BCUT2D eigenvalue weighted by molar-refractivity contribution is -0.178. The average Bonchev–Trinajstić information content (AvgIpc) is 3.28. The molecular weight excluding hydrogens is 860 g/mol. The standard InChI is InChI=1S/C50H57FO15/c1-10-13-14-15-16-17-34-18-23-37(40(51)24-34)39-26-41(65-44(53)32(6)7)38(25-42(39)66-45(54)33(8)9)35-19-21-36(22-20-35)61-27-50(28-62-43(52)31(4)5,29-63-48(57)46(55)59-11-2)30-64-49(58)47(56)60-12-3/h18-26H,4,6,8,10-17,27-30H2,1-3,5,7,9H3. The maximum Gasteiger partial charge on any atom is 0.417 e. The van der Waals surface area contributed by atoms with Crippen LogP contribution in [0.15, 0.2) is 91.1 Å². The lowest BCUT2D eigenvalue weighted by Gasteiger charge is -2.31. The number of rotatable bonds is 24. The van der Waals surface area contributed by atoms with Crippen LogP contribution in [0.3, 0.4) is 0 Å². The van der Waals surface area contributed by atoms with Crippen molar-refractivity contribution in [1.82, 2.24) is 0 Å². The van der Waals surface area contributed by atoms with Crippen LogP contribution in [0.5, 0.6) is 17.2 Å². The molecule has 0 aliphatic heterocycles. The van der Waals surface area contributed by atoms with Gasteiger partial charge in [0.1, 0.15) is 54.9 Å². The smallest absolute Gasteiger partial charge is 0.417 e. The molecule has 0 aliphatic carbocycles. The van der Waals surface area contributed by atoms with Crippen molar-refractivity contribution in [3.05, 3.63) is 102 Å². The first-order valence-corrected chi connectivity index (χ1v) is 21.3. The van der Waals surface area contributed by atoms with Crippen LogP contribution in [0.25, 0.3) is 22.3 Å². The number of carbonyl (C=O) groups is 7. The highest BCUT2D eigenvalue weighted by Gasteiger charge is 2.39. The van der Waals surface area contributed by atoms with Gasteiger partial charge in [-0.15, -0.1) is 0 Å². The molecule has 0 unspecified atom stereocenters. The molecule has 3 aromatic rings. The molecule has 16 heteroatoms. The Bertz CT molecular complexity index is 2260. The van der Waals surface area contributed by atoms with E-state index < -0.39 is 79.4 Å². The second-order valence-corrected chi connectivity index (χ2v) is 15.4. The average molecular weight is 917 g/mol. The molecule has 0 aliphatic rings. The Labute approximate surface area is 383 Å². The summed E-state index contributed by atoms with van der Waals surface area (Å²) in [5.41, 5.74) is -0.0208. The van der Waals surface area contributed by atoms with Crippen LogP contribution in [0, 0.1) is 11.2 Å². The van der Waals surface area contributed by atoms with Crippen LogP contribution in [0.2, 0.25) is 0 Å². The van der Waals surface area contributed by atoms with Gasteiger partial charge >= 0.3 is 41.8 Å². The molecule has 15 nitrogen and oxygen atoms in total. The maximum absolute atomic E-state index is 16.0. The van der Waals surface area contributed by atoms with E-state index in [0.29, 0.717) is 12.0 Å². The van der Waals surface area contributed by atoms with E-state index in [1.165, 1.54) is 65.0 Å². The Kier molecular flexibility index (Phi) is 21.0. The van der Waals surface area contributed by atoms with Gasteiger partial charge in [-0.05, 0) is 88.9 Å². The number of unbranched alkanes of at least 4 members (excludes halogenated alkanes) is 4. The number of hydrogen-bond donors (Lipinski definition) is 0. The summed E-state index contributed by atoms with van der Waals surface area (Å²) in [5.74, 6) is -8.47. The van der Waals surface area contributed by atoms with E-state index in [1.807, 2.05) is 0 Å². The lowest BCUT2D eigenvalue weighted by Crippen LogP contribution is -2.45. The molecule has 3 rings (SSSR count). The molecule has 0 bridgehead atoms. The van der Waals surface area contributed by atoms with Crippen molar-refractivity contribution in [2.24, 2.45) is 5.41 Å². The molecule has 3 aromatic carbocycles. The van der Waals surface area contributed by atoms with Crippen LogP contribution in [-0.2, 0) is 63.7 Å². The minimum absolute atomic E-state index is 0.00198. The molecule has 0 radical (unpaired) electrons. The number of halogens is 1. The van der Waals surface area contributed by atoms with E-state index >= 15 is 4.39 Å². The summed E-state index contributed by atoms with van der Waals surface area (Å²) < 4.78 is 58.7. The van der Waals surface area contributed by atoms with E-state index in [0.717, 1.165) is 37.7 Å². The number of carbonyl (C=O) groups excluding carboxylic acids is 7. The fourth-order valence-corrected chi connectivity index (χ4v) is 5.90. The highest BCUT2D eigenvalue weighted by Crippen LogP contribution is 2.43. The van der Waals surface area contributed by atoms with Crippen molar-refractivity contribution < 1.29 is 75.8 Å².